The number of rotatable bonds is 1. The van der Waals surface area contributed by atoms with Gasteiger partial charge in [-0.15, -0.1) is 0 Å². The van der Waals surface area contributed by atoms with Crippen LogP contribution in [0.3, 0.4) is 0 Å². The number of phenols is 1. The molecule has 1 aliphatic rings. The van der Waals surface area contributed by atoms with Gasteiger partial charge in [-0.1, -0.05) is 6.07 Å². The fourth-order valence-electron chi connectivity index (χ4n) is 2.47. The van der Waals surface area contributed by atoms with Crippen molar-refractivity contribution in [1.82, 2.24) is 9.78 Å². The molecule has 88 valence electrons. The average Bonchev–Trinajstić information content (AvgIpc) is 2.68. The van der Waals surface area contributed by atoms with E-state index in [1.165, 1.54) is 0 Å². The zero-order valence-corrected chi connectivity index (χ0v) is 9.44. The van der Waals surface area contributed by atoms with Crippen molar-refractivity contribution in [3.05, 3.63) is 45.9 Å². The van der Waals surface area contributed by atoms with Crippen molar-refractivity contribution >= 4 is 0 Å². The first-order chi connectivity index (χ1) is 8.25. The van der Waals surface area contributed by atoms with E-state index in [1.54, 1.807) is 22.9 Å². The average molecular weight is 230 g/mol. The lowest BCUT2D eigenvalue weighted by Gasteiger charge is -2.13. The van der Waals surface area contributed by atoms with Gasteiger partial charge in [0.2, 0.25) is 0 Å². The van der Waals surface area contributed by atoms with Gasteiger partial charge >= 0.3 is 0 Å². The molecule has 1 aromatic heterocycles. The zero-order chi connectivity index (χ0) is 11.8. The van der Waals surface area contributed by atoms with Crippen LogP contribution in [0.15, 0.2) is 29.1 Å². The van der Waals surface area contributed by atoms with Crippen molar-refractivity contribution in [2.75, 3.05) is 0 Å². The Morgan fingerprint density at radius 2 is 2.06 bits per heavy atom. The molecule has 4 nitrogen and oxygen atoms in total. The smallest absolute Gasteiger partial charge is 0.267 e. The molecule has 0 bridgehead atoms. The Balaban J connectivity index is 2.18. The summed E-state index contributed by atoms with van der Waals surface area (Å²) in [6, 6.07) is 6.94. The maximum atomic E-state index is 11.8. The Morgan fingerprint density at radius 1 is 1.24 bits per heavy atom. The molecule has 1 aromatic carbocycles. The van der Waals surface area contributed by atoms with E-state index in [2.05, 4.69) is 5.10 Å². The van der Waals surface area contributed by atoms with E-state index in [1.807, 2.05) is 6.07 Å². The van der Waals surface area contributed by atoms with Crippen molar-refractivity contribution in [3.63, 3.8) is 0 Å². The molecule has 0 spiro atoms. The second-order valence-corrected chi connectivity index (χ2v) is 4.43. The highest BCUT2D eigenvalue weighted by Crippen LogP contribution is 2.22. The van der Waals surface area contributed by atoms with Crippen LogP contribution in [0.1, 0.15) is 24.1 Å². The van der Waals surface area contributed by atoms with Crippen LogP contribution >= 0.6 is 0 Å². The lowest BCUT2D eigenvalue weighted by molar-refractivity contribution is 0.474. The van der Waals surface area contributed by atoms with Gasteiger partial charge in [0.15, 0.2) is 0 Å². The number of H-pyrrole nitrogens is 1. The number of hydrogen-bond acceptors (Lipinski definition) is 2. The van der Waals surface area contributed by atoms with Gasteiger partial charge in [0.05, 0.1) is 5.69 Å². The molecule has 0 unspecified atom stereocenters. The maximum absolute atomic E-state index is 11.8. The van der Waals surface area contributed by atoms with E-state index < -0.39 is 0 Å². The van der Waals surface area contributed by atoms with Crippen molar-refractivity contribution in [1.29, 1.82) is 0 Å². The molecule has 0 radical (unpaired) electrons. The maximum Gasteiger partial charge on any atom is 0.267 e. The lowest BCUT2D eigenvalue weighted by atomic mass is 9.98. The van der Waals surface area contributed by atoms with Crippen LogP contribution in [-0.4, -0.2) is 14.9 Å². The normalized spacial score (nSPS) is 14.6. The third-order valence-corrected chi connectivity index (χ3v) is 3.28. The van der Waals surface area contributed by atoms with Gasteiger partial charge in [0.25, 0.3) is 5.56 Å². The molecule has 1 aliphatic carbocycles. The minimum Gasteiger partial charge on any atom is -0.508 e. The molecule has 0 atom stereocenters. The number of nitrogens with one attached hydrogen (secondary N) is 1. The number of aromatic hydroxyl groups is 1. The summed E-state index contributed by atoms with van der Waals surface area (Å²) in [6.45, 7) is 0. The van der Waals surface area contributed by atoms with E-state index >= 15 is 0 Å². The molecule has 2 aromatic rings. The Kier molecular flexibility index (Phi) is 2.28. The van der Waals surface area contributed by atoms with Gasteiger partial charge in [-0.2, -0.15) is 0 Å². The number of phenolic OH excluding ortho intramolecular Hbond substituents is 1. The van der Waals surface area contributed by atoms with Gasteiger partial charge in [0.1, 0.15) is 5.75 Å². The molecule has 0 amide bonds. The van der Waals surface area contributed by atoms with Crippen molar-refractivity contribution < 1.29 is 5.11 Å². The molecular weight excluding hydrogens is 216 g/mol. The lowest BCUT2D eigenvalue weighted by Crippen LogP contribution is -2.10. The molecule has 0 aliphatic heterocycles. The molecule has 2 N–H and O–H groups in total. The Labute approximate surface area is 98.5 Å². The fourth-order valence-corrected chi connectivity index (χ4v) is 2.47. The highest BCUT2D eigenvalue weighted by Gasteiger charge is 2.18. The minimum atomic E-state index is 0.00282. The predicted molar refractivity (Wildman–Crippen MR) is 64.7 cm³/mol. The van der Waals surface area contributed by atoms with Crippen molar-refractivity contribution in [2.45, 2.75) is 25.7 Å². The van der Waals surface area contributed by atoms with E-state index in [-0.39, 0.29) is 11.3 Å². The summed E-state index contributed by atoms with van der Waals surface area (Å²) in [5.41, 5.74) is 2.78. The van der Waals surface area contributed by atoms with Crippen molar-refractivity contribution in [3.8, 4) is 11.4 Å². The monoisotopic (exact) mass is 230 g/mol. The van der Waals surface area contributed by atoms with Gasteiger partial charge in [-0.05, 0) is 37.8 Å². The predicted octanol–water partition coefficient (Wildman–Crippen LogP) is 1.75. The number of aromatic nitrogens is 2. The van der Waals surface area contributed by atoms with Gasteiger partial charge in [-0.3, -0.25) is 14.6 Å². The Bertz CT molecular complexity index is 610. The highest BCUT2D eigenvalue weighted by molar-refractivity contribution is 5.40. The standard InChI is InChI=1S/C13H14N2O2/c16-10-5-3-4-9(8-10)15-12-7-2-1-6-11(12)13(17)14-15/h3-5,8,16H,1-2,6-7H2,(H,14,17). The quantitative estimate of drug-likeness (QED) is 0.784. The summed E-state index contributed by atoms with van der Waals surface area (Å²) >= 11 is 0. The summed E-state index contributed by atoms with van der Waals surface area (Å²) in [5.74, 6) is 0.210. The first-order valence-electron chi connectivity index (χ1n) is 5.88. The fraction of sp³-hybridized carbons (Fsp3) is 0.308. The van der Waals surface area contributed by atoms with Gasteiger partial charge < -0.3 is 5.11 Å². The van der Waals surface area contributed by atoms with Crippen LogP contribution in [0, 0.1) is 0 Å². The molecular formula is C13H14N2O2. The zero-order valence-electron chi connectivity index (χ0n) is 9.44. The Morgan fingerprint density at radius 3 is 2.88 bits per heavy atom. The molecule has 17 heavy (non-hydrogen) atoms. The van der Waals surface area contributed by atoms with Crippen LogP contribution in [0.2, 0.25) is 0 Å². The number of hydrogen-bond donors (Lipinski definition) is 2. The summed E-state index contributed by atoms with van der Waals surface area (Å²) in [5, 5.41) is 12.3. The van der Waals surface area contributed by atoms with E-state index in [0.29, 0.717) is 0 Å². The second-order valence-electron chi connectivity index (χ2n) is 4.43. The van der Waals surface area contributed by atoms with Crippen LogP contribution < -0.4 is 5.56 Å². The number of aromatic amines is 1. The molecule has 4 heteroatoms. The largest absolute Gasteiger partial charge is 0.508 e. The van der Waals surface area contributed by atoms with Gasteiger partial charge in [0, 0.05) is 17.3 Å². The SMILES string of the molecule is O=c1[nH]n(-c2cccc(O)c2)c2c1CCCC2. The molecule has 3 rings (SSSR count). The van der Waals surface area contributed by atoms with Crippen LogP contribution in [0.25, 0.3) is 5.69 Å². The topological polar surface area (TPSA) is 58.0 Å². The summed E-state index contributed by atoms with van der Waals surface area (Å²) in [7, 11) is 0. The third kappa shape index (κ3) is 1.65. The van der Waals surface area contributed by atoms with Gasteiger partial charge in [-0.25, -0.2) is 0 Å². The van der Waals surface area contributed by atoms with E-state index in [4.69, 9.17) is 0 Å². The molecule has 0 fully saturated rings. The van der Waals surface area contributed by atoms with E-state index in [9.17, 15) is 9.90 Å². The van der Waals surface area contributed by atoms with Crippen molar-refractivity contribution in [2.24, 2.45) is 0 Å². The number of fused-ring (bicyclic) bond motifs is 1. The molecule has 1 heterocycles. The molecule has 0 saturated heterocycles. The number of nitrogens with zero attached hydrogens (tertiary/aromatic N) is 1. The third-order valence-electron chi connectivity index (χ3n) is 3.28. The minimum absolute atomic E-state index is 0.00282. The van der Waals surface area contributed by atoms with Crippen LogP contribution in [-0.2, 0) is 12.8 Å². The summed E-state index contributed by atoms with van der Waals surface area (Å²) in [6.07, 6.45) is 3.98. The highest BCUT2D eigenvalue weighted by atomic mass is 16.3. The van der Waals surface area contributed by atoms with Crippen LogP contribution in [0.5, 0.6) is 5.75 Å². The first-order valence-corrected chi connectivity index (χ1v) is 5.88. The number of benzene rings is 1. The second kappa shape index (κ2) is 3.80. The van der Waals surface area contributed by atoms with Crippen LogP contribution in [0.4, 0.5) is 0 Å². The Hall–Kier alpha value is -1.97. The van der Waals surface area contributed by atoms with E-state index in [0.717, 1.165) is 42.6 Å². The summed E-state index contributed by atoms with van der Waals surface area (Å²) < 4.78 is 1.80. The summed E-state index contributed by atoms with van der Waals surface area (Å²) in [4.78, 5) is 11.8. The first kappa shape index (κ1) is 10.2. The molecule has 0 saturated carbocycles.